The van der Waals surface area contributed by atoms with E-state index >= 15 is 0 Å². The number of carbonyl (C=O) groups is 2. The molecule has 0 radical (unpaired) electrons. The molecule has 1 atom stereocenters. The maximum atomic E-state index is 12.7. The molecule has 2 aromatic carbocycles. The molecule has 1 aromatic heterocycles. The molecule has 132 valence electrons. The van der Waals surface area contributed by atoms with Gasteiger partial charge in [0, 0.05) is 18.8 Å². The number of hydrogen-bond donors (Lipinski definition) is 3. The van der Waals surface area contributed by atoms with E-state index in [-0.39, 0.29) is 12.2 Å². The first-order chi connectivity index (χ1) is 12.5. The lowest BCUT2D eigenvalue weighted by Gasteiger charge is -2.17. The van der Waals surface area contributed by atoms with Gasteiger partial charge < -0.3 is 16.2 Å². The molecule has 1 heterocycles. The van der Waals surface area contributed by atoms with Crippen LogP contribution in [0.4, 0.5) is 0 Å². The molecule has 0 saturated heterocycles. The van der Waals surface area contributed by atoms with Crippen LogP contribution in [0, 0.1) is 0 Å². The second-order valence-corrected chi connectivity index (χ2v) is 5.77. The number of phenols is 1. The van der Waals surface area contributed by atoms with Crippen molar-refractivity contribution in [3.05, 3.63) is 78.1 Å². The van der Waals surface area contributed by atoms with Crippen LogP contribution in [-0.4, -0.2) is 32.7 Å². The molecule has 0 bridgehead atoms. The van der Waals surface area contributed by atoms with Crippen LogP contribution < -0.4 is 11.1 Å². The number of aromatic hydroxyl groups is 1. The lowest BCUT2D eigenvalue weighted by molar-refractivity contribution is -0.119. The van der Waals surface area contributed by atoms with Gasteiger partial charge in [-0.2, -0.15) is 5.10 Å². The lowest BCUT2D eigenvalue weighted by Crippen LogP contribution is -2.46. The fourth-order valence-electron chi connectivity index (χ4n) is 2.60. The Labute approximate surface area is 150 Å². The lowest BCUT2D eigenvalue weighted by atomic mass is 10.0. The van der Waals surface area contributed by atoms with Crippen molar-refractivity contribution in [2.24, 2.45) is 5.73 Å². The van der Waals surface area contributed by atoms with Crippen molar-refractivity contribution >= 4 is 11.8 Å². The van der Waals surface area contributed by atoms with Gasteiger partial charge >= 0.3 is 0 Å². The number of para-hydroxylation sites is 1. The van der Waals surface area contributed by atoms with E-state index in [4.69, 9.17) is 5.73 Å². The number of carbonyl (C=O) groups excluding carboxylic acids is 2. The summed E-state index contributed by atoms with van der Waals surface area (Å²) >= 11 is 0. The fourth-order valence-corrected chi connectivity index (χ4v) is 2.60. The molecular weight excluding hydrogens is 332 g/mol. The van der Waals surface area contributed by atoms with Crippen LogP contribution in [0.1, 0.15) is 15.9 Å². The number of amides is 2. The second-order valence-electron chi connectivity index (χ2n) is 5.77. The van der Waals surface area contributed by atoms with Crippen molar-refractivity contribution in [3.63, 3.8) is 0 Å². The highest BCUT2D eigenvalue weighted by Gasteiger charge is 2.21. The van der Waals surface area contributed by atoms with E-state index < -0.39 is 17.9 Å². The monoisotopic (exact) mass is 350 g/mol. The van der Waals surface area contributed by atoms with Gasteiger partial charge in [-0.25, -0.2) is 4.68 Å². The summed E-state index contributed by atoms with van der Waals surface area (Å²) in [5, 5.41) is 16.2. The third kappa shape index (κ3) is 3.89. The Kier molecular flexibility index (Phi) is 4.98. The van der Waals surface area contributed by atoms with Gasteiger partial charge in [0.05, 0.1) is 11.3 Å². The molecular formula is C19H18N4O3. The molecule has 0 fully saturated rings. The van der Waals surface area contributed by atoms with E-state index in [0.717, 1.165) is 5.56 Å². The van der Waals surface area contributed by atoms with Gasteiger partial charge in [-0.1, -0.05) is 24.3 Å². The number of nitrogens with zero attached hydrogens (tertiary/aromatic N) is 2. The summed E-state index contributed by atoms with van der Waals surface area (Å²) in [6.07, 6.45) is 3.57. The van der Waals surface area contributed by atoms with Crippen molar-refractivity contribution in [1.82, 2.24) is 15.1 Å². The maximum absolute atomic E-state index is 12.7. The number of hydrogen-bond acceptors (Lipinski definition) is 4. The molecule has 0 aliphatic rings. The molecule has 3 rings (SSSR count). The quantitative estimate of drug-likeness (QED) is 0.624. The smallest absolute Gasteiger partial charge is 0.254 e. The number of primary amides is 1. The third-order valence-electron chi connectivity index (χ3n) is 3.92. The van der Waals surface area contributed by atoms with E-state index in [9.17, 15) is 14.7 Å². The van der Waals surface area contributed by atoms with Crippen LogP contribution >= 0.6 is 0 Å². The predicted octanol–water partition coefficient (Wildman–Crippen LogP) is 1.40. The molecule has 26 heavy (non-hydrogen) atoms. The van der Waals surface area contributed by atoms with Gasteiger partial charge in [0.25, 0.3) is 5.91 Å². The van der Waals surface area contributed by atoms with Gasteiger partial charge in [0.1, 0.15) is 11.8 Å². The van der Waals surface area contributed by atoms with Gasteiger partial charge in [-0.3, -0.25) is 9.59 Å². The van der Waals surface area contributed by atoms with E-state index in [1.807, 2.05) is 0 Å². The van der Waals surface area contributed by atoms with Gasteiger partial charge in [0.2, 0.25) is 5.91 Å². The number of rotatable bonds is 6. The summed E-state index contributed by atoms with van der Waals surface area (Å²) < 4.78 is 1.58. The second kappa shape index (κ2) is 7.52. The zero-order valence-corrected chi connectivity index (χ0v) is 13.9. The molecule has 4 N–H and O–H groups in total. The van der Waals surface area contributed by atoms with Crippen LogP contribution in [0.2, 0.25) is 0 Å². The Morgan fingerprint density at radius 2 is 1.85 bits per heavy atom. The highest BCUT2D eigenvalue weighted by molar-refractivity contribution is 6.00. The Bertz CT molecular complexity index is 905. The van der Waals surface area contributed by atoms with Crippen molar-refractivity contribution < 1.29 is 14.7 Å². The largest absolute Gasteiger partial charge is 0.508 e. The number of nitrogens with one attached hydrogen (secondary N) is 1. The van der Waals surface area contributed by atoms with Crippen molar-refractivity contribution in [3.8, 4) is 11.4 Å². The van der Waals surface area contributed by atoms with E-state index in [1.165, 1.54) is 12.1 Å². The summed E-state index contributed by atoms with van der Waals surface area (Å²) in [5.74, 6) is -0.928. The first-order valence-electron chi connectivity index (χ1n) is 8.02. The Hall–Kier alpha value is -3.61. The minimum atomic E-state index is -0.877. The maximum Gasteiger partial charge on any atom is 0.254 e. The minimum Gasteiger partial charge on any atom is -0.508 e. The number of nitrogens with two attached hydrogens (primary N) is 1. The van der Waals surface area contributed by atoms with Crippen LogP contribution in [-0.2, 0) is 11.2 Å². The summed E-state index contributed by atoms with van der Waals surface area (Å²) in [5.41, 5.74) is 7.21. The first-order valence-corrected chi connectivity index (χ1v) is 8.02. The minimum absolute atomic E-state index is 0.126. The SMILES string of the molecule is NC(=O)[C@H](Cc1ccc(O)cc1)NC(=O)c1ccccc1-n1cccn1. The van der Waals surface area contributed by atoms with Crippen molar-refractivity contribution in [1.29, 1.82) is 0 Å². The average Bonchev–Trinajstić information content (AvgIpc) is 3.17. The zero-order chi connectivity index (χ0) is 18.5. The van der Waals surface area contributed by atoms with Gasteiger partial charge in [-0.05, 0) is 35.9 Å². The third-order valence-corrected chi connectivity index (χ3v) is 3.92. The molecule has 0 spiro atoms. The number of benzene rings is 2. The zero-order valence-electron chi connectivity index (χ0n) is 13.9. The number of aromatic nitrogens is 2. The highest BCUT2D eigenvalue weighted by atomic mass is 16.3. The first kappa shape index (κ1) is 17.2. The molecule has 0 saturated carbocycles. The molecule has 2 amide bonds. The topological polar surface area (TPSA) is 110 Å². The average molecular weight is 350 g/mol. The molecule has 0 aliphatic heterocycles. The van der Waals surface area contributed by atoms with E-state index in [0.29, 0.717) is 11.3 Å². The van der Waals surface area contributed by atoms with Crippen LogP contribution in [0.15, 0.2) is 67.0 Å². The normalized spacial score (nSPS) is 11.7. The molecule has 3 aromatic rings. The van der Waals surface area contributed by atoms with Crippen LogP contribution in [0.3, 0.4) is 0 Å². The molecule has 0 aliphatic carbocycles. The van der Waals surface area contributed by atoms with Gasteiger partial charge in [0.15, 0.2) is 0 Å². The summed E-state index contributed by atoms with van der Waals surface area (Å²) in [6, 6.07) is 14.2. The van der Waals surface area contributed by atoms with Crippen LogP contribution in [0.25, 0.3) is 5.69 Å². The summed E-state index contributed by atoms with van der Waals surface area (Å²) in [6.45, 7) is 0. The Balaban J connectivity index is 1.81. The fraction of sp³-hybridized carbons (Fsp3) is 0.105. The Morgan fingerprint density at radius 1 is 1.12 bits per heavy atom. The summed E-state index contributed by atoms with van der Waals surface area (Å²) in [7, 11) is 0. The van der Waals surface area contributed by atoms with E-state index in [1.54, 1.807) is 59.5 Å². The predicted molar refractivity (Wildman–Crippen MR) is 95.8 cm³/mol. The van der Waals surface area contributed by atoms with Crippen molar-refractivity contribution in [2.45, 2.75) is 12.5 Å². The van der Waals surface area contributed by atoms with E-state index in [2.05, 4.69) is 10.4 Å². The molecule has 0 unspecified atom stereocenters. The summed E-state index contributed by atoms with van der Waals surface area (Å²) in [4.78, 5) is 24.5. The number of phenolic OH excluding ortho intramolecular Hbond substituents is 1. The molecule has 7 heteroatoms. The van der Waals surface area contributed by atoms with Gasteiger partial charge in [-0.15, -0.1) is 0 Å². The standard InChI is InChI=1S/C19H18N4O3/c20-18(25)16(12-13-6-8-14(24)9-7-13)22-19(26)15-4-1-2-5-17(15)23-11-3-10-21-23/h1-11,16,24H,12H2,(H2,20,25)(H,22,26)/t16-/m0/s1. The Morgan fingerprint density at radius 3 is 2.50 bits per heavy atom. The molecule has 7 nitrogen and oxygen atoms in total. The van der Waals surface area contributed by atoms with Crippen LogP contribution in [0.5, 0.6) is 5.75 Å². The highest BCUT2D eigenvalue weighted by Crippen LogP contribution is 2.15. The van der Waals surface area contributed by atoms with Crippen molar-refractivity contribution in [2.75, 3.05) is 0 Å².